The van der Waals surface area contributed by atoms with E-state index >= 15 is 0 Å². The molecule has 0 aromatic rings. The van der Waals surface area contributed by atoms with Crippen molar-refractivity contribution in [2.45, 2.75) is 40.2 Å². The molecule has 0 spiro atoms. The minimum atomic E-state index is 0.616. The van der Waals surface area contributed by atoms with Crippen LogP contribution in [0, 0.1) is 0 Å². The summed E-state index contributed by atoms with van der Waals surface area (Å²) >= 11 is 0. The topological polar surface area (TPSA) is 44.9 Å². The van der Waals surface area contributed by atoms with Crippen LogP contribution in [-0.4, -0.2) is 55.0 Å². The lowest BCUT2D eigenvalue weighted by Gasteiger charge is -2.23. The quantitative estimate of drug-likeness (QED) is 0.529. The lowest BCUT2D eigenvalue weighted by Crippen LogP contribution is -2.38. The van der Waals surface area contributed by atoms with Crippen LogP contribution in [0.3, 0.4) is 0 Å². The molecule has 0 rings (SSSR count). The highest BCUT2D eigenvalue weighted by molar-refractivity contribution is 5.77. The third-order valence-electron chi connectivity index (χ3n) is 3.16. The second-order valence-electron chi connectivity index (χ2n) is 4.15. The Hall–Kier alpha value is -0.770. The summed E-state index contributed by atoms with van der Waals surface area (Å²) in [5.41, 5.74) is 5.89. The van der Waals surface area contributed by atoms with Crippen molar-refractivity contribution in [3.63, 3.8) is 0 Å². The Morgan fingerprint density at radius 1 is 1.25 bits per heavy atom. The molecular weight excluding hydrogens is 200 g/mol. The molecule has 0 bridgehead atoms. The molecule has 1 atom stereocenters. The number of rotatable bonds is 7. The average Bonchev–Trinajstić information content (AvgIpc) is 2.29. The van der Waals surface area contributed by atoms with E-state index in [0.717, 1.165) is 26.2 Å². The third kappa shape index (κ3) is 5.35. The van der Waals surface area contributed by atoms with Gasteiger partial charge in [-0.25, -0.2) is 0 Å². The molecule has 0 saturated carbocycles. The summed E-state index contributed by atoms with van der Waals surface area (Å²) in [6.07, 6.45) is 1.17. The van der Waals surface area contributed by atoms with Crippen molar-refractivity contribution in [2.24, 2.45) is 10.7 Å². The summed E-state index contributed by atoms with van der Waals surface area (Å²) in [5.74, 6) is 0.669. The van der Waals surface area contributed by atoms with Crippen LogP contribution in [0.25, 0.3) is 0 Å². The van der Waals surface area contributed by atoms with E-state index in [4.69, 9.17) is 5.73 Å². The molecule has 1 unspecified atom stereocenters. The van der Waals surface area contributed by atoms with Gasteiger partial charge in [0.05, 0.1) is 6.54 Å². The van der Waals surface area contributed by atoms with E-state index in [9.17, 15) is 0 Å². The first-order chi connectivity index (χ1) is 7.56. The molecule has 4 nitrogen and oxygen atoms in total. The minimum Gasteiger partial charge on any atom is -0.370 e. The van der Waals surface area contributed by atoms with Gasteiger partial charge in [-0.05, 0) is 34.2 Å². The van der Waals surface area contributed by atoms with Gasteiger partial charge in [-0.2, -0.15) is 0 Å². The molecule has 4 heteroatoms. The lowest BCUT2D eigenvalue weighted by molar-refractivity contribution is 0.259. The van der Waals surface area contributed by atoms with E-state index in [0.29, 0.717) is 12.0 Å². The Morgan fingerprint density at radius 3 is 2.25 bits per heavy atom. The van der Waals surface area contributed by atoms with Gasteiger partial charge < -0.3 is 15.5 Å². The first kappa shape index (κ1) is 15.2. The normalized spacial score (nSPS) is 14.2. The molecule has 0 heterocycles. The smallest absolute Gasteiger partial charge is 0.191 e. The van der Waals surface area contributed by atoms with Crippen LogP contribution in [0.2, 0.25) is 0 Å². The molecule has 0 aliphatic rings. The molecule has 96 valence electrons. The minimum absolute atomic E-state index is 0.616. The van der Waals surface area contributed by atoms with Crippen molar-refractivity contribution in [3.8, 4) is 0 Å². The van der Waals surface area contributed by atoms with Crippen molar-refractivity contribution in [3.05, 3.63) is 0 Å². The Morgan fingerprint density at radius 2 is 1.81 bits per heavy atom. The summed E-state index contributed by atoms with van der Waals surface area (Å²) in [6.45, 7) is 12.2. The number of nitrogens with zero attached hydrogens (tertiary/aromatic N) is 3. The molecule has 16 heavy (non-hydrogen) atoms. The van der Waals surface area contributed by atoms with Gasteiger partial charge in [-0.3, -0.25) is 4.99 Å². The number of hydrogen-bond donors (Lipinski definition) is 1. The number of likely N-dealkylation sites (N-methyl/N-ethyl adjacent to an activating group) is 1. The number of nitrogens with two attached hydrogens (primary N) is 1. The highest BCUT2D eigenvalue weighted by atomic mass is 15.2. The molecule has 0 aliphatic carbocycles. The lowest BCUT2D eigenvalue weighted by atomic mass is 10.2. The molecule has 0 fully saturated rings. The average molecular weight is 228 g/mol. The Bertz CT molecular complexity index is 199. The van der Waals surface area contributed by atoms with Crippen molar-refractivity contribution < 1.29 is 0 Å². The predicted molar refractivity (Wildman–Crippen MR) is 71.8 cm³/mol. The Kier molecular flexibility index (Phi) is 7.99. The van der Waals surface area contributed by atoms with Crippen molar-refractivity contribution in [1.82, 2.24) is 9.80 Å². The first-order valence-electron chi connectivity index (χ1n) is 6.31. The maximum atomic E-state index is 5.89. The van der Waals surface area contributed by atoms with Crippen LogP contribution >= 0.6 is 0 Å². The van der Waals surface area contributed by atoms with Crippen LogP contribution in [-0.2, 0) is 0 Å². The first-order valence-corrected chi connectivity index (χ1v) is 6.31. The Balaban J connectivity index is 3.98. The summed E-state index contributed by atoms with van der Waals surface area (Å²) in [7, 11) is 2.14. The van der Waals surface area contributed by atoms with Crippen LogP contribution in [0.1, 0.15) is 34.1 Å². The largest absolute Gasteiger partial charge is 0.370 e. The van der Waals surface area contributed by atoms with Crippen molar-refractivity contribution in [1.29, 1.82) is 0 Å². The third-order valence-corrected chi connectivity index (χ3v) is 3.16. The second-order valence-corrected chi connectivity index (χ2v) is 4.15. The molecule has 2 N–H and O–H groups in total. The monoisotopic (exact) mass is 228 g/mol. The number of hydrogen-bond acceptors (Lipinski definition) is 2. The summed E-state index contributed by atoms with van der Waals surface area (Å²) in [5, 5.41) is 0. The SMILES string of the molecule is CCC(C)N(C)CCN=C(N)N(CC)CC. The molecule has 0 saturated heterocycles. The zero-order valence-electron chi connectivity index (χ0n) is 11.5. The van der Waals surface area contributed by atoms with Gasteiger partial charge >= 0.3 is 0 Å². The summed E-state index contributed by atoms with van der Waals surface area (Å²) in [6, 6.07) is 0.616. The number of guanidine groups is 1. The highest BCUT2D eigenvalue weighted by Gasteiger charge is 2.06. The van der Waals surface area contributed by atoms with Gasteiger partial charge in [0.25, 0.3) is 0 Å². The van der Waals surface area contributed by atoms with Gasteiger partial charge in [-0.1, -0.05) is 6.92 Å². The van der Waals surface area contributed by atoms with Crippen molar-refractivity contribution in [2.75, 3.05) is 33.2 Å². The van der Waals surface area contributed by atoms with Gasteiger partial charge in [0.15, 0.2) is 5.96 Å². The molecule has 0 aromatic carbocycles. The number of aliphatic imine (C=N–C) groups is 1. The van der Waals surface area contributed by atoms with Gasteiger partial charge in [-0.15, -0.1) is 0 Å². The molecule has 0 amide bonds. The van der Waals surface area contributed by atoms with Gasteiger partial charge in [0, 0.05) is 25.7 Å². The van der Waals surface area contributed by atoms with Crippen LogP contribution in [0.4, 0.5) is 0 Å². The molecule has 0 aliphatic heterocycles. The molecule has 0 radical (unpaired) electrons. The summed E-state index contributed by atoms with van der Waals surface area (Å²) < 4.78 is 0. The van der Waals surface area contributed by atoms with Gasteiger partial charge in [0.2, 0.25) is 0 Å². The summed E-state index contributed by atoms with van der Waals surface area (Å²) in [4.78, 5) is 8.79. The maximum Gasteiger partial charge on any atom is 0.191 e. The molecule has 0 aromatic heterocycles. The van der Waals surface area contributed by atoms with Crippen LogP contribution in [0.5, 0.6) is 0 Å². The van der Waals surface area contributed by atoms with E-state index in [1.165, 1.54) is 6.42 Å². The zero-order valence-corrected chi connectivity index (χ0v) is 11.5. The van der Waals surface area contributed by atoms with E-state index in [1.54, 1.807) is 0 Å². The Labute approximate surface area is 101 Å². The highest BCUT2D eigenvalue weighted by Crippen LogP contribution is 1.99. The van der Waals surface area contributed by atoms with Crippen LogP contribution in [0.15, 0.2) is 4.99 Å². The van der Waals surface area contributed by atoms with Crippen molar-refractivity contribution >= 4 is 5.96 Å². The fraction of sp³-hybridized carbons (Fsp3) is 0.917. The standard InChI is InChI=1S/C12H28N4/c1-6-11(4)15(5)10-9-14-12(13)16(7-2)8-3/h11H,6-10H2,1-5H3,(H2,13,14). The van der Waals surface area contributed by atoms with E-state index < -0.39 is 0 Å². The van der Waals surface area contributed by atoms with E-state index in [1.807, 2.05) is 0 Å². The predicted octanol–water partition coefficient (Wildman–Crippen LogP) is 1.37. The zero-order chi connectivity index (χ0) is 12.6. The fourth-order valence-electron chi connectivity index (χ4n) is 1.50. The van der Waals surface area contributed by atoms with Gasteiger partial charge in [0.1, 0.15) is 0 Å². The van der Waals surface area contributed by atoms with E-state index in [2.05, 4.69) is 49.5 Å². The maximum absolute atomic E-state index is 5.89. The van der Waals surface area contributed by atoms with Crippen LogP contribution < -0.4 is 5.73 Å². The molecular formula is C12H28N4. The fourth-order valence-corrected chi connectivity index (χ4v) is 1.50. The van der Waals surface area contributed by atoms with E-state index in [-0.39, 0.29) is 0 Å². The second kappa shape index (κ2) is 8.39.